The van der Waals surface area contributed by atoms with Crippen molar-refractivity contribution in [1.82, 2.24) is 5.32 Å². The lowest BCUT2D eigenvalue weighted by Gasteiger charge is -2.14. The van der Waals surface area contributed by atoms with Gasteiger partial charge in [0, 0.05) is 0 Å². The molecule has 110 valence electrons. The van der Waals surface area contributed by atoms with Gasteiger partial charge in [-0.05, 0) is 28.5 Å². The lowest BCUT2D eigenvalue weighted by molar-refractivity contribution is -0.141. The Morgan fingerprint density at radius 1 is 1.14 bits per heavy atom. The summed E-state index contributed by atoms with van der Waals surface area (Å²) < 4.78 is 0. The number of hydrogen-bond acceptors (Lipinski definition) is 3. The first-order chi connectivity index (χ1) is 10.1. The number of carbonyl (C=O) groups is 2. The fourth-order valence-electron chi connectivity index (χ4n) is 2.25. The molecular formula is C16H17NO3S. The number of amides is 1. The van der Waals surface area contributed by atoms with Gasteiger partial charge in [0.25, 0.3) is 0 Å². The van der Waals surface area contributed by atoms with E-state index in [9.17, 15) is 9.59 Å². The topological polar surface area (TPSA) is 66.4 Å². The molecule has 4 nitrogen and oxygen atoms in total. The third-order valence-electron chi connectivity index (χ3n) is 3.28. The predicted molar refractivity (Wildman–Crippen MR) is 85.7 cm³/mol. The second kappa shape index (κ2) is 7.13. The zero-order valence-corrected chi connectivity index (χ0v) is 12.3. The Bertz CT molecular complexity index is 652. The molecule has 0 spiro atoms. The van der Waals surface area contributed by atoms with Crippen molar-refractivity contribution in [3.8, 4) is 0 Å². The molecule has 0 aliphatic carbocycles. The maximum Gasteiger partial charge on any atom is 0.326 e. The molecule has 0 aliphatic rings. The maximum absolute atomic E-state index is 12.0. The molecule has 0 aromatic heterocycles. The number of thiol groups is 1. The second-order valence-electron chi connectivity index (χ2n) is 4.79. The van der Waals surface area contributed by atoms with Crippen molar-refractivity contribution in [3.63, 3.8) is 0 Å². The molecule has 0 radical (unpaired) electrons. The van der Waals surface area contributed by atoms with Crippen LogP contribution in [0.2, 0.25) is 0 Å². The number of nitrogens with one attached hydrogen (secondary N) is 1. The van der Waals surface area contributed by atoms with Crippen molar-refractivity contribution >= 4 is 35.3 Å². The van der Waals surface area contributed by atoms with Gasteiger partial charge in [0.2, 0.25) is 5.91 Å². The van der Waals surface area contributed by atoms with Crippen LogP contribution in [0.3, 0.4) is 0 Å². The van der Waals surface area contributed by atoms with Gasteiger partial charge in [-0.3, -0.25) is 4.79 Å². The number of rotatable bonds is 6. The summed E-state index contributed by atoms with van der Waals surface area (Å²) in [6, 6.07) is 12.7. The molecule has 0 heterocycles. The molecule has 0 aliphatic heterocycles. The molecule has 2 aromatic carbocycles. The molecule has 1 atom stereocenters. The molecule has 5 heteroatoms. The van der Waals surface area contributed by atoms with Crippen LogP contribution >= 0.6 is 12.6 Å². The fourth-order valence-corrected chi connectivity index (χ4v) is 2.51. The van der Waals surface area contributed by atoms with E-state index in [0.29, 0.717) is 12.2 Å². The van der Waals surface area contributed by atoms with E-state index in [4.69, 9.17) is 5.11 Å². The van der Waals surface area contributed by atoms with E-state index in [2.05, 4.69) is 17.9 Å². The van der Waals surface area contributed by atoms with Crippen molar-refractivity contribution in [2.24, 2.45) is 0 Å². The van der Waals surface area contributed by atoms with Gasteiger partial charge < -0.3 is 10.4 Å². The van der Waals surface area contributed by atoms with Crippen molar-refractivity contribution in [2.45, 2.75) is 18.9 Å². The van der Waals surface area contributed by atoms with Crippen LogP contribution in [0.4, 0.5) is 0 Å². The number of benzene rings is 2. The highest BCUT2D eigenvalue weighted by atomic mass is 32.1. The van der Waals surface area contributed by atoms with Gasteiger partial charge in [0.1, 0.15) is 6.04 Å². The van der Waals surface area contributed by atoms with Crippen LogP contribution in [0.25, 0.3) is 10.8 Å². The zero-order valence-electron chi connectivity index (χ0n) is 11.5. The molecule has 2 N–H and O–H groups in total. The summed E-state index contributed by atoms with van der Waals surface area (Å²) in [5, 5.41) is 13.7. The largest absolute Gasteiger partial charge is 0.480 e. The van der Waals surface area contributed by atoms with Crippen LogP contribution in [0.1, 0.15) is 12.0 Å². The van der Waals surface area contributed by atoms with Gasteiger partial charge in [-0.2, -0.15) is 12.6 Å². The highest BCUT2D eigenvalue weighted by Gasteiger charge is 2.19. The van der Waals surface area contributed by atoms with Crippen LogP contribution in [0.15, 0.2) is 42.5 Å². The fraction of sp³-hybridized carbons (Fsp3) is 0.250. The van der Waals surface area contributed by atoms with Crippen molar-refractivity contribution in [3.05, 3.63) is 48.0 Å². The Kier molecular flexibility index (Phi) is 5.22. The highest BCUT2D eigenvalue weighted by Crippen LogP contribution is 2.18. The molecule has 2 rings (SSSR count). The molecule has 2 aromatic rings. The lowest BCUT2D eigenvalue weighted by Crippen LogP contribution is -2.41. The average Bonchev–Trinajstić information content (AvgIpc) is 2.47. The number of hydrogen-bond donors (Lipinski definition) is 3. The van der Waals surface area contributed by atoms with Gasteiger partial charge in [0.15, 0.2) is 0 Å². The molecule has 21 heavy (non-hydrogen) atoms. The van der Waals surface area contributed by atoms with Gasteiger partial charge in [-0.15, -0.1) is 0 Å². The summed E-state index contributed by atoms with van der Waals surface area (Å²) >= 11 is 4.01. The normalized spacial score (nSPS) is 12.0. The summed E-state index contributed by atoms with van der Waals surface area (Å²) in [5.74, 6) is -0.915. The smallest absolute Gasteiger partial charge is 0.326 e. The molecular weight excluding hydrogens is 286 g/mol. The lowest BCUT2D eigenvalue weighted by atomic mass is 10.0. The van der Waals surface area contributed by atoms with Crippen LogP contribution in [-0.2, 0) is 16.0 Å². The van der Waals surface area contributed by atoms with E-state index < -0.39 is 12.0 Å². The number of aliphatic carboxylic acids is 1. The van der Waals surface area contributed by atoms with Crippen LogP contribution in [0, 0.1) is 0 Å². The van der Waals surface area contributed by atoms with E-state index in [1.54, 1.807) is 0 Å². The van der Waals surface area contributed by atoms with Crippen LogP contribution in [0.5, 0.6) is 0 Å². The van der Waals surface area contributed by atoms with Gasteiger partial charge in [-0.25, -0.2) is 4.79 Å². The second-order valence-corrected chi connectivity index (χ2v) is 5.23. The molecule has 0 saturated carbocycles. The Labute approximate surface area is 128 Å². The predicted octanol–water partition coefficient (Wildman–Crippen LogP) is 2.27. The first-order valence-corrected chi connectivity index (χ1v) is 7.34. The summed E-state index contributed by atoms with van der Waals surface area (Å²) in [6.45, 7) is 0. The quantitative estimate of drug-likeness (QED) is 0.717. The highest BCUT2D eigenvalue weighted by molar-refractivity contribution is 7.80. The first kappa shape index (κ1) is 15.4. The Morgan fingerprint density at radius 3 is 2.57 bits per heavy atom. The monoisotopic (exact) mass is 303 g/mol. The molecule has 0 fully saturated rings. The van der Waals surface area contributed by atoms with E-state index in [0.717, 1.165) is 16.3 Å². The van der Waals surface area contributed by atoms with E-state index in [1.165, 1.54) is 0 Å². The van der Waals surface area contributed by atoms with Crippen molar-refractivity contribution < 1.29 is 14.7 Å². The summed E-state index contributed by atoms with van der Waals surface area (Å²) in [7, 11) is 0. The molecule has 0 saturated heterocycles. The standard InChI is InChI=1S/C16H17NO3S/c18-15(17-14(8-9-21)16(19)20)10-12-6-3-5-11-4-1-2-7-13(11)12/h1-7,14,21H,8-10H2,(H,17,18)(H,19,20)/t14-/m0/s1. The summed E-state index contributed by atoms with van der Waals surface area (Å²) in [4.78, 5) is 23.1. The van der Waals surface area contributed by atoms with Crippen LogP contribution in [-0.4, -0.2) is 28.8 Å². The molecule has 1 amide bonds. The number of carboxylic acid groups (broad SMARTS) is 1. The van der Waals surface area contributed by atoms with Crippen LogP contribution < -0.4 is 5.32 Å². The van der Waals surface area contributed by atoms with E-state index >= 15 is 0 Å². The van der Waals surface area contributed by atoms with Gasteiger partial charge >= 0.3 is 5.97 Å². The van der Waals surface area contributed by atoms with E-state index in [-0.39, 0.29) is 12.3 Å². The Morgan fingerprint density at radius 2 is 1.86 bits per heavy atom. The SMILES string of the molecule is O=C(Cc1cccc2ccccc12)N[C@@H](CCS)C(=O)O. The maximum atomic E-state index is 12.0. The zero-order chi connectivity index (χ0) is 15.2. The minimum Gasteiger partial charge on any atom is -0.480 e. The van der Waals surface area contributed by atoms with E-state index in [1.807, 2.05) is 42.5 Å². The van der Waals surface area contributed by atoms with Crippen molar-refractivity contribution in [2.75, 3.05) is 5.75 Å². The number of fused-ring (bicyclic) bond motifs is 1. The first-order valence-electron chi connectivity index (χ1n) is 6.71. The minimum atomic E-state index is -1.03. The summed E-state index contributed by atoms with van der Waals surface area (Å²) in [5.41, 5.74) is 0.889. The average molecular weight is 303 g/mol. The number of carboxylic acids is 1. The molecule has 0 unspecified atom stereocenters. The van der Waals surface area contributed by atoms with Gasteiger partial charge in [-0.1, -0.05) is 42.5 Å². The third kappa shape index (κ3) is 3.98. The van der Waals surface area contributed by atoms with Gasteiger partial charge in [0.05, 0.1) is 6.42 Å². The summed E-state index contributed by atoms with van der Waals surface area (Å²) in [6.07, 6.45) is 0.470. The third-order valence-corrected chi connectivity index (χ3v) is 3.54. The Hall–Kier alpha value is -2.01. The Balaban J connectivity index is 2.13. The number of carbonyl (C=O) groups excluding carboxylic acids is 1. The minimum absolute atomic E-state index is 0.164. The molecule has 0 bridgehead atoms. The van der Waals surface area contributed by atoms with Crippen molar-refractivity contribution in [1.29, 1.82) is 0 Å².